The van der Waals surface area contributed by atoms with Crippen molar-refractivity contribution in [3.8, 4) is 0 Å². The Morgan fingerprint density at radius 3 is 2.32 bits per heavy atom. The maximum Gasteiger partial charge on any atom is 0.326 e. The van der Waals surface area contributed by atoms with E-state index in [2.05, 4.69) is 15.4 Å². The van der Waals surface area contributed by atoms with Gasteiger partial charge < -0.3 is 20.5 Å². The normalized spacial score (nSPS) is 11.8. The standard InChI is InChI=1S/C12H22N2O5/c1-8(2)6-7-13-12(18)14-9(11(16)17)4-5-10(15)19-3/h8-9H,4-7H2,1-3H3,(H,16,17)(H2,13,14,18)/t9-/m1/s1. The fraction of sp³-hybridized carbons (Fsp3) is 0.750. The van der Waals surface area contributed by atoms with Crippen LogP contribution in [-0.4, -0.2) is 42.8 Å². The molecule has 0 heterocycles. The molecular weight excluding hydrogens is 252 g/mol. The third kappa shape index (κ3) is 8.87. The second kappa shape index (κ2) is 9.18. The quantitative estimate of drug-likeness (QED) is 0.566. The van der Waals surface area contributed by atoms with Crippen LogP contribution in [0.2, 0.25) is 0 Å². The number of rotatable bonds is 8. The van der Waals surface area contributed by atoms with Gasteiger partial charge in [0.2, 0.25) is 0 Å². The average Bonchev–Trinajstić information content (AvgIpc) is 2.33. The van der Waals surface area contributed by atoms with Gasteiger partial charge in [-0.15, -0.1) is 0 Å². The number of ether oxygens (including phenoxy) is 1. The summed E-state index contributed by atoms with van der Waals surface area (Å²) in [5.41, 5.74) is 0. The van der Waals surface area contributed by atoms with Crippen LogP contribution in [0.25, 0.3) is 0 Å². The third-order valence-electron chi connectivity index (χ3n) is 2.48. The van der Waals surface area contributed by atoms with Gasteiger partial charge in [-0.1, -0.05) is 13.8 Å². The lowest BCUT2D eigenvalue weighted by atomic mass is 10.1. The highest BCUT2D eigenvalue weighted by molar-refractivity contribution is 5.83. The highest BCUT2D eigenvalue weighted by Gasteiger charge is 2.20. The van der Waals surface area contributed by atoms with Crippen molar-refractivity contribution in [2.24, 2.45) is 5.92 Å². The summed E-state index contributed by atoms with van der Waals surface area (Å²) in [4.78, 5) is 33.3. The maximum absolute atomic E-state index is 11.5. The first-order valence-electron chi connectivity index (χ1n) is 6.20. The minimum atomic E-state index is -1.18. The number of carboxylic acid groups (broad SMARTS) is 1. The first kappa shape index (κ1) is 17.2. The largest absolute Gasteiger partial charge is 0.480 e. The number of methoxy groups -OCH3 is 1. The van der Waals surface area contributed by atoms with E-state index >= 15 is 0 Å². The van der Waals surface area contributed by atoms with Crippen LogP contribution in [0.15, 0.2) is 0 Å². The van der Waals surface area contributed by atoms with Crippen molar-refractivity contribution < 1.29 is 24.2 Å². The molecule has 0 aromatic carbocycles. The molecule has 2 amide bonds. The summed E-state index contributed by atoms with van der Waals surface area (Å²) in [7, 11) is 1.23. The Morgan fingerprint density at radius 1 is 1.21 bits per heavy atom. The average molecular weight is 274 g/mol. The van der Waals surface area contributed by atoms with Crippen molar-refractivity contribution >= 4 is 18.0 Å². The lowest BCUT2D eigenvalue weighted by Crippen LogP contribution is -2.46. The van der Waals surface area contributed by atoms with E-state index in [0.29, 0.717) is 12.5 Å². The van der Waals surface area contributed by atoms with Gasteiger partial charge in [-0.2, -0.15) is 0 Å². The van der Waals surface area contributed by atoms with Crippen molar-refractivity contribution in [3.05, 3.63) is 0 Å². The fourth-order valence-corrected chi connectivity index (χ4v) is 1.31. The van der Waals surface area contributed by atoms with Gasteiger partial charge >= 0.3 is 18.0 Å². The van der Waals surface area contributed by atoms with Gasteiger partial charge in [-0.3, -0.25) is 4.79 Å². The number of esters is 1. The highest BCUT2D eigenvalue weighted by atomic mass is 16.5. The smallest absolute Gasteiger partial charge is 0.326 e. The molecule has 0 aliphatic rings. The van der Waals surface area contributed by atoms with Crippen LogP contribution in [0, 0.1) is 5.92 Å². The van der Waals surface area contributed by atoms with Crippen LogP contribution >= 0.6 is 0 Å². The van der Waals surface area contributed by atoms with Crippen LogP contribution < -0.4 is 10.6 Å². The molecule has 0 fully saturated rings. The molecule has 0 aromatic heterocycles. The Bertz CT molecular complexity index is 317. The lowest BCUT2D eigenvalue weighted by molar-refractivity contribution is -0.142. The minimum Gasteiger partial charge on any atom is -0.480 e. The molecule has 0 saturated heterocycles. The summed E-state index contributed by atoms with van der Waals surface area (Å²) in [6.45, 7) is 4.53. The summed E-state index contributed by atoms with van der Waals surface area (Å²) >= 11 is 0. The molecule has 0 saturated carbocycles. The topological polar surface area (TPSA) is 105 Å². The van der Waals surface area contributed by atoms with Crippen molar-refractivity contribution in [2.75, 3.05) is 13.7 Å². The van der Waals surface area contributed by atoms with Crippen LogP contribution in [0.5, 0.6) is 0 Å². The van der Waals surface area contributed by atoms with Gasteiger partial charge in [-0.05, 0) is 18.8 Å². The zero-order valence-corrected chi connectivity index (χ0v) is 11.6. The van der Waals surface area contributed by atoms with E-state index in [9.17, 15) is 14.4 Å². The van der Waals surface area contributed by atoms with E-state index in [-0.39, 0.29) is 12.8 Å². The van der Waals surface area contributed by atoms with Gasteiger partial charge in [0, 0.05) is 13.0 Å². The molecule has 1 atom stereocenters. The molecule has 0 aliphatic heterocycles. The first-order chi connectivity index (χ1) is 8.86. The van der Waals surface area contributed by atoms with Gasteiger partial charge in [0.05, 0.1) is 7.11 Å². The zero-order valence-electron chi connectivity index (χ0n) is 11.6. The third-order valence-corrected chi connectivity index (χ3v) is 2.48. The number of aliphatic carboxylic acids is 1. The molecule has 0 aliphatic carbocycles. The maximum atomic E-state index is 11.5. The summed E-state index contributed by atoms with van der Waals surface area (Å²) in [6, 6.07) is -1.64. The monoisotopic (exact) mass is 274 g/mol. The number of carbonyl (C=O) groups is 3. The van der Waals surface area contributed by atoms with E-state index < -0.39 is 24.0 Å². The van der Waals surface area contributed by atoms with Gasteiger partial charge in [0.1, 0.15) is 6.04 Å². The summed E-state index contributed by atoms with van der Waals surface area (Å²) in [5.74, 6) is -1.23. The second-order valence-corrected chi connectivity index (χ2v) is 4.59. The van der Waals surface area contributed by atoms with Crippen molar-refractivity contribution in [2.45, 2.75) is 39.2 Å². The Labute approximate surface area is 112 Å². The van der Waals surface area contributed by atoms with E-state index in [0.717, 1.165) is 6.42 Å². The van der Waals surface area contributed by atoms with Crippen molar-refractivity contribution in [3.63, 3.8) is 0 Å². The molecule has 7 heteroatoms. The number of carbonyl (C=O) groups excluding carboxylic acids is 2. The lowest BCUT2D eigenvalue weighted by Gasteiger charge is -2.15. The van der Waals surface area contributed by atoms with Crippen LogP contribution in [0.1, 0.15) is 33.1 Å². The Morgan fingerprint density at radius 2 is 1.84 bits per heavy atom. The summed E-state index contributed by atoms with van der Waals surface area (Å²) in [5, 5.41) is 13.8. The summed E-state index contributed by atoms with van der Waals surface area (Å²) < 4.78 is 4.42. The van der Waals surface area contributed by atoms with E-state index in [1.807, 2.05) is 13.8 Å². The van der Waals surface area contributed by atoms with E-state index in [4.69, 9.17) is 5.11 Å². The second-order valence-electron chi connectivity index (χ2n) is 4.59. The van der Waals surface area contributed by atoms with Crippen LogP contribution in [-0.2, 0) is 14.3 Å². The molecule has 0 aromatic rings. The van der Waals surface area contributed by atoms with E-state index in [1.165, 1.54) is 7.11 Å². The van der Waals surface area contributed by atoms with Crippen molar-refractivity contribution in [1.29, 1.82) is 0 Å². The Hall–Kier alpha value is -1.79. The Kier molecular flexibility index (Phi) is 8.32. The predicted molar refractivity (Wildman–Crippen MR) is 68.7 cm³/mol. The zero-order chi connectivity index (χ0) is 14.8. The SMILES string of the molecule is COC(=O)CC[C@@H](NC(=O)NCCC(C)C)C(=O)O. The number of nitrogens with one attached hydrogen (secondary N) is 2. The van der Waals surface area contributed by atoms with Crippen LogP contribution in [0.4, 0.5) is 4.79 Å². The number of carboxylic acids is 1. The molecule has 0 rings (SSSR count). The predicted octanol–water partition coefficient (Wildman–Crippen LogP) is 0.738. The molecular formula is C12H22N2O5. The molecule has 0 bridgehead atoms. The molecule has 0 spiro atoms. The van der Waals surface area contributed by atoms with Crippen LogP contribution in [0.3, 0.4) is 0 Å². The fourth-order valence-electron chi connectivity index (χ4n) is 1.31. The molecule has 0 radical (unpaired) electrons. The molecule has 19 heavy (non-hydrogen) atoms. The number of amides is 2. The van der Waals surface area contributed by atoms with Gasteiger partial charge in [-0.25, -0.2) is 9.59 Å². The Balaban J connectivity index is 4.08. The summed E-state index contributed by atoms with van der Waals surface area (Å²) in [6.07, 6.45) is 0.757. The van der Waals surface area contributed by atoms with Gasteiger partial charge in [0.25, 0.3) is 0 Å². The molecule has 7 nitrogen and oxygen atoms in total. The molecule has 0 unspecified atom stereocenters. The van der Waals surface area contributed by atoms with Gasteiger partial charge in [0.15, 0.2) is 0 Å². The molecule has 110 valence electrons. The minimum absolute atomic E-state index is 0.000390. The number of hydrogen-bond acceptors (Lipinski definition) is 4. The van der Waals surface area contributed by atoms with Crippen molar-refractivity contribution in [1.82, 2.24) is 10.6 Å². The molecule has 3 N–H and O–H groups in total. The van der Waals surface area contributed by atoms with E-state index in [1.54, 1.807) is 0 Å². The number of hydrogen-bond donors (Lipinski definition) is 3. The highest BCUT2D eigenvalue weighted by Crippen LogP contribution is 2.00. The number of urea groups is 1. The first-order valence-corrected chi connectivity index (χ1v) is 6.20.